The van der Waals surface area contributed by atoms with Crippen LogP contribution >= 0.6 is 0 Å². The van der Waals surface area contributed by atoms with E-state index in [9.17, 15) is 4.21 Å². The summed E-state index contributed by atoms with van der Waals surface area (Å²) in [6, 6.07) is 8.89. The summed E-state index contributed by atoms with van der Waals surface area (Å²) in [4.78, 5) is 0. The average molecular weight is 310 g/mol. The summed E-state index contributed by atoms with van der Waals surface area (Å²) in [6.07, 6.45) is 0. The second-order valence-corrected chi connectivity index (χ2v) is 9.86. The molecule has 0 saturated heterocycles. The number of nitrogens with one attached hydrogen (secondary N) is 1. The Bertz CT molecular complexity index is 465. The SMILES string of the molecule is CCNC(CS(=O)C(C)(C)C)c1ccc(C(C)(C)C)cc1. The first kappa shape index (κ1) is 18.4. The molecule has 21 heavy (non-hydrogen) atoms. The summed E-state index contributed by atoms with van der Waals surface area (Å²) < 4.78 is 12.3. The van der Waals surface area contributed by atoms with Crippen LogP contribution in [0.1, 0.15) is 65.6 Å². The van der Waals surface area contributed by atoms with E-state index in [0.29, 0.717) is 5.75 Å². The standard InChI is InChI=1S/C18H31NOS/c1-8-19-16(13-21(20)18(5,6)7)14-9-11-15(12-10-14)17(2,3)4/h9-12,16,19H,8,13H2,1-7H3. The van der Waals surface area contributed by atoms with Gasteiger partial charge in [0.1, 0.15) is 0 Å². The lowest BCUT2D eigenvalue weighted by Crippen LogP contribution is -2.32. The van der Waals surface area contributed by atoms with E-state index >= 15 is 0 Å². The molecule has 0 aliphatic heterocycles. The lowest BCUT2D eigenvalue weighted by molar-refractivity contribution is 0.577. The summed E-state index contributed by atoms with van der Waals surface area (Å²) >= 11 is 0. The van der Waals surface area contributed by atoms with Crippen LogP contribution in [0.3, 0.4) is 0 Å². The van der Waals surface area contributed by atoms with Crippen molar-refractivity contribution in [2.75, 3.05) is 12.3 Å². The predicted octanol–water partition coefficient (Wildman–Crippen LogP) is 4.18. The smallest absolute Gasteiger partial charge is 0.0436 e. The van der Waals surface area contributed by atoms with Gasteiger partial charge in [-0.25, -0.2) is 0 Å². The van der Waals surface area contributed by atoms with Gasteiger partial charge in [0.25, 0.3) is 0 Å². The molecule has 0 radical (unpaired) electrons. The van der Waals surface area contributed by atoms with Gasteiger partial charge in [0.15, 0.2) is 0 Å². The van der Waals surface area contributed by atoms with Gasteiger partial charge in [-0.1, -0.05) is 52.0 Å². The monoisotopic (exact) mass is 309 g/mol. The zero-order valence-electron chi connectivity index (χ0n) is 14.6. The molecular formula is C18H31NOS. The fourth-order valence-corrected chi connectivity index (χ4v) is 3.25. The second-order valence-electron chi connectivity index (χ2n) is 7.61. The third-order valence-corrected chi connectivity index (χ3v) is 5.63. The molecule has 0 aliphatic carbocycles. The Morgan fingerprint density at radius 3 is 1.95 bits per heavy atom. The predicted molar refractivity (Wildman–Crippen MR) is 94.3 cm³/mol. The lowest BCUT2D eigenvalue weighted by atomic mass is 9.86. The van der Waals surface area contributed by atoms with Gasteiger partial charge in [0.2, 0.25) is 0 Å². The number of hydrogen-bond acceptors (Lipinski definition) is 2. The van der Waals surface area contributed by atoms with Crippen molar-refractivity contribution in [1.29, 1.82) is 0 Å². The van der Waals surface area contributed by atoms with E-state index < -0.39 is 10.8 Å². The number of hydrogen-bond donors (Lipinski definition) is 1. The van der Waals surface area contributed by atoms with Crippen molar-refractivity contribution in [3.8, 4) is 0 Å². The van der Waals surface area contributed by atoms with Crippen molar-refractivity contribution in [2.45, 2.75) is 64.7 Å². The maximum Gasteiger partial charge on any atom is 0.0436 e. The molecule has 1 aromatic carbocycles. The highest BCUT2D eigenvalue weighted by Crippen LogP contribution is 2.25. The summed E-state index contributed by atoms with van der Waals surface area (Å²) in [5.41, 5.74) is 2.72. The zero-order chi connectivity index (χ0) is 16.3. The van der Waals surface area contributed by atoms with Crippen LogP contribution in [0.15, 0.2) is 24.3 Å². The fraction of sp³-hybridized carbons (Fsp3) is 0.667. The van der Waals surface area contributed by atoms with Crippen molar-refractivity contribution >= 4 is 10.8 Å². The molecule has 0 bridgehead atoms. The summed E-state index contributed by atoms with van der Waals surface area (Å²) in [5.74, 6) is 0.659. The van der Waals surface area contributed by atoms with Crippen LogP contribution in [-0.4, -0.2) is 21.3 Å². The van der Waals surface area contributed by atoms with Gasteiger partial charge in [-0.3, -0.25) is 4.21 Å². The van der Waals surface area contributed by atoms with Gasteiger partial charge in [0, 0.05) is 27.3 Å². The molecule has 1 aromatic rings. The molecule has 3 heteroatoms. The maximum atomic E-state index is 12.4. The molecule has 120 valence electrons. The Morgan fingerprint density at radius 1 is 1.05 bits per heavy atom. The van der Waals surface area contributed by atoms with Crippen LogP contribution in [0.25, 0.3) is 0 Å². The van der Waals surface area contributed by atoms with Gasteiger partial charge in [-0.05, 0) is 43.9 Å². The molecular weight excluding hydrogens is 278 g/mol. The normalized spacial score (nSPS) is 15.8. The van der Waals surface area contributed by atoms with Crippen molar-refractivity contribution in [2.24, 2.45) is 0 Å². The minimum Gasteiger partial charge on any atom is -0.309 e. The molecule has 0 fully saturated rings. The summed E-state index contributed by atoms with van der Waals surface area (Å²) in [7, 11) is -0.854. The molecule has 0 amide bonds. The highest BCUT2D eigenvalue weighted by Gasteiger charge is 2.24. The van der Waals surface area contributed by atoms with Crippen LogP contribution < -0.4 is 5.32 Å². The summed E-state index contributed by atoms with van der Waals surface area (Å²) in [5, 5.41) is 3.47. The Hall–Kier alpha value is -0.670. The first-order chi connectivity index (χ1) is 9.55. The second kappa shape index (κ2) is 7.06. The third kappa shape index (κ3) is 5.55. The van der Waals surface area contributed by atoms with Gasteiger partial charge >= 0.3 is 0 Å². The van der Waals surface area contributed by atoms with Crippen molar-refractivity contribution < 1.29 is 4.21 Å². The molecule has 0 aliphatic rings. The molecule has 2 unspecified atom stereocenters. The molecule has 0 spiro atoms. The quantitative estimate of drug-likeness (QED) is 0.884. The minimum atomic E-state index is -0.854. The number of benzene rings is 1. The topological polar surface area (TPSA) is 29.1 Å². The number of rotatable bonds is 5. The zero-order valence-corrected chi connectivity index (χ0v) is 15.4. The van der Waals surface area contributed by atoms with Gasteiger partial charge < -0.3 is 5.32 Å². The van der Waals surface area contributed by atoms with E-state index in [0.717, 1.165) is 6.54 Å². The largest absolute Gasteiger partial charge is 0.309 e. The Labute approximate surface area is 133 Å². The van der Waals surface area contributed by atoms with Crippen LogP contribution in [0.2, 0.25) is 0 Å². The van der Waals surface area contributed by atoms with Crippen molar-refractivity contribution in [1.82, 2.24) is 5.32 Å². The van der Waals surface area contributed by atoms with Crippen molar-refractivity contribution in [3.05, 3.63) is 35.4 Å². The highest BCUT2D eigenvalue weighted by atomic mass is 32.2. The Kier molecular flexibility index (Phi) is 6.18. The Balaban J connectivity index is 2.93. The van der Waals surface area contributed by atoms with E-state index in [2.05, 4.69) is 57.3 Å². The molecule has 2 atom stereocenters. The van der Waals surface area contributed by atoms with E-state index in [4.69, 9.17) is 0 Å². The van der Waals surface area contributed by atoms with Crippen LogP contribution in [0.5, 0.6) is 0 Å². The molecule has 0 aromatic heterocycles. The Morgan fingerprint density at radius 2 is 1.57 bits per heavy atom. The van der Waals surface area contributed by atoms with Gasteiger partial charge in [0.05, 0.1) is 0 Å². The maximum absolute atomic E-state index is 12.4. The molecule has 0 saturated carbocycles. The minimum absolute atomic E-state index is 0.157. The summed E-state index contributed by atoms with van der Waals surface area (Å²) in [6.45, 7) is 15.7. The fourth-order valence-electron chi connectivity index (χ4n) is 2.14. The average Bonchev–Trinajstić information content (AvgIpc) is 2.36. The van der Waals surface area contributed by atoms with E-state index in [1.165, 1.54) is 11.1 Å². The lowest BCUT2D eigenvalue weighted by Gasteiger charge is -2.25. The highest BCUT2D eigenvalue weighted by molar-refractivity contribution is 7.86. The molecule has 1 rings (SSSR count). The first-order valence-electron chi connectivity index (χ1n) is 7.78. The molecule has 2 nitrogen and oxygen atoms in total. The van der Waals surface area contributed by atoms with Crippen LogP contribution in [0.4, 0.5) is 0 Å². The molecule has 1 N–H and O–H groups in total. The third-order valence-electron chi connectivity index (χ3n) is 3.63. The van der Waals surface area contributed by atoms with Gasteiger partial charge in [-0.2, -0.15) is 0 Å². The van der Waals surface area contributed by atoms with Crippen molar-refractivity contribution in [3.63, 3.8) is 0 Å². The molecule has 0 heterocycles. The van der Waals surface area contributed by atoms with E-state index in [1.54, 1.807) is 0 Å². The van der Waals surface area contributed by atoms with E-state index in [-0.39, 0.29) is 16.2 Å². The first-order valence-corrected chi connectivity index (χ1v) is 9.10. The van der Waals surface area contributed by atoms with Crippen LogP contribution in [0, 0.1) is 0 Å². The van der Waals surface area contributed by atoms with Crippen LogP contribution in [-0.2, 0) is 16.2 Å². The van der Waals surface area contributed by atoms with Gasteiger partial charge in [-0.15, -0.1) is 0 Å². The van der Waals surface area contributed by atoms with E-state index in [1.807, 2.05) is 20.8 Å².